The van der Waals surface area contributed by atoms with Crippen LogP contribution in [0.5, 0.6) is 5.75 Å². The molecule has 0 aliphatic rings. The van der Waals surface area contributed by atoms with Gasteiger partial charge in [0, 0.05) is 10.4 Å². The number of carbonyl (C=O) groups excluding carboxylic acids is 1. The Morgan fingerprint density at radius 1 is 1.04 bits per heavy atom. The molecule has 1 atom stereocenters. The molecule has 0 unspecified atom stereocenters. The van der Waals surface area contributed by atoms with E-state index >= 15 is 0 Å². The third-order valence-electron chi connectivity index (χ3n) is 3.86. The van der Waals surface area contributed by atoms with Gasteiger partial charge in [-0.05, 0) is 30.0 Å². The van der Waals surface area contributed by atoms with E-state index in [2.05, 4.69) is 5.32 Å². The fourth-order valence-corrected chi connectivity index (χ4v) is 2.95. The van der Waals surface area contributed by atoms with Crippen LogP contribution in [0.15, 0.2) is 66.7 Å². The van der Waals surface area contributed by atoms with Crippen LogP contribution in [0.3, 0.4) is 0 Å². The van der Waals surface area contributed by atoms with Gasteiger partial charge in [-0.2, -0.15) is 0 Å². The topological polar surface area (TPSA) is 38.3 Å². The summed E-state index contributed by atoms with van der Waals surface area (Å²) in [5.41, 5.74) is 0.887. The number of hydrogen-bond acceptors (Lipinski definition) is 2. The van der Waals surface area contributed by atoms with Crippen LogP contribution in [0.1, 0.15) is 18.5 Å². The van der Waals surface area contributed by atoms with Gasteiger partial charge in [-0.25, -0.2) is 0 Å². The van der Waals surface area contributed by atoms with Gasteiger partial charge in [0.05, 0.1) is 6.04 Å². The fraction of sp³-hybridized carbons (Fsp3) is 0.150. The van der Waals surface area contributed by atoms with Crippen molar-refractivity contribution in [1.82, 2.24) is 5.32 Å². The summed E-state index contributed by atoms with van der Waals surface area (Å²) in [5.74, 6) is 0.518. The fourth-order valence-electron chi connectivity index (χ4n) is 2.65. The van der Waals surface area contributed by atoms with Gasteiger partial charge in [-0.1, -0.05) is 66.2 Å². The van der Waals surface area contributed by atoms with Gasteiger partial charge in [0.1, 0.15) is 5.75 Å². The lowest BCUT2D eigenvalue weighted by Crippen LogP contribution is -2.31. The van der Waals surface area contributed by atoms with Crippen LogP contribution in [0.2, 0.25) is 5.02 Å². The highest BCUT2D eigenvalue weighted by atomic mass is 35.5. The standard InChI is InChI=1S/C20H18ClNO2/c1-14(16-9-4-5-11-18(16)21)22-20(23)13-24-19-12-6-8-15-7-2-3-10-17(15)19/h2-12,14H,13H2,1H3,(H,22,23)/t14-/m1/s1. The van der Waals surface area contributed by atoms with Gasteiger partial charge in [-0.3, -0.25) is 4.79 Å². The van der Waals surface area contributed by atoms with E-state index in [1.807, 2.05) is 73.7 Å². The second-order valence-corrected chi connectivity index (χ2v) is 5.98. The molecule has 0 aliphatic heterocycles. The van der Waals surface area contributed by atoms with Crippen molar-refractivity contribution in [3.05, 3.63) is 77.3 Å². The van der Waals surface area contributed by atoms with E-state index in [1.165, 1.54) is 0 Å². The Kier molecular flexibility index (Phi) is 5.02. The number of nitrogens with one attached hydrogen (secondary N) is 1. The zero-order chi connectivity index (χ0) is 16.9. The maximum atomic E-state index is 12.2. The molecule has 0 radical (unpaired) electrons. The van der Waals surface area contributed by atoms with Crippen LogP contribution in [0.25, 0.3) is 10.8 Å². The van der Waals surface area contributed by atoms with Gasteiger partial charge < -0.3 is 10.1 Å². The normalized spacial score (nSPS) is 11.9. The average molecular weight is 340 g/mol. The molecule has 24 heavy (non-hydrogen) atoms. The van der Waals surface area contributed by atoms with Crippen LogP contribution in [0.4, 0.5) is 0 Å². The molecule has 3 aromatic carbocycles. The Labute approximate surface area is 146 Å². The largest absolute Gasteiger partial charge is 0.483 e. The summed E-state index contributed by atoms with van der Waals surface area (Å²) < 4.78 is 5.70. The number of amides is 1. The Morgan fingerprint density at radius 3 is 2.58 bits per heavy atom. The van der Waals surface area contributed by atoms with E-state index in [-0.39, 0.29) is 18.6 Å². The molecule has 1 amide bonds. The first kappa shape index (κ1) is 16.3. The summed E-state index contributed by atoms with van der Waals surface area (Å²) in [6, 6.07) is 21.0. The number of carbonyl (C=O) groups is 1. The highest BCUT2D eigenvalue weighted by Crippen LogP contribution is 2.25. The van der Waals surface area contributed by atoms with E-state index in [0.717, 1.165) is 16.3 Å². The Morgan fingerprint density at radius 2 is 1.75 bits per heavy atom. The molecule has 0 aromatic heterocycles. The van der Waals surface area contributed by atoms with Crippen molar-refractivity contribution >= 4 is 28.3 Å². The van der Waals surface area contributed by atoms with Crippen molar-refractivity contribution in [2.75, 3.05) is 6.61 Å². The van der Waals surface area contributed by atoms with Crippen molar-refractivity contribution in [3.8, 4) is 5.75 Å². The first-order chi connectivity index (χ1) is 11.6. The van der Waals surface area contributed by atoms with Crippen molar-refractivity contribution < 1.29 is 9.53 Å². The highest BCUT2D eigenvalue weighted by molar-refractivity contribution is 6.31. The Hall–Kier alpha value is -2.52. The lowest BCUT2D eigenvalue weighted by Gasteiger charge is -2.16. The monoisotopic (exact) mass is 339 g/mol. The van der Waals surface area contributed by atoms with Crippen molar-refractivity contribution in [2.45, 2.75) is 13.0 Å². The predicted molar refractivity (Wildman–Crippen MR) is 97.5 cm³/mol. The smallest absolute Gasteiger partial charge is 0.258 e. The lowest BCUT2D eigenvalue weighted by molar-refractivity contribution is -0.123. The van der Waals surface area contributed by atoms with E-state index in [9.17, 15) is 4.79 Å². The maximum Gasteiger partial charge on any atom is 0.258 e. The third-order valence-corrected chi connectivity index (χ3v) is 4.20. The number of rotatable bonds is 5. The summed E-state index contributed by atoms with van der Waals surface area (Å²) in [5, 5.41) is 5.62. The molecule has 0 bridgehead atoms. The number of hydrogen-bond donors (Lipinski definition) is 1. The van der Waals surface area contributed by atoms with Crippen LogP contribution in [-0.4, -0.2) is 12.5 Å². The molecule has 3 aromatic rings. The zero-order valence-corrected chi connectivity index (χ0v) is 14.1. The molecule has 122 valence electrons. The minimum absolute atomic E-state index is 0.0389. The molecule has 0 fully saturated rings. The number of fused-ring (bicyclic) bond motifs is 1. The first-order valence-corrected chi connectivity index (χ1v) is 8.17. The molecular formula is C20H18ClNO2. The van der Waals surface area contributed by atoms with E-state index < -0.39 is 0 Å². The molecule has 0 spiro atoms. The second kappa shape index (κ2) is 7.37. The minimum atomic E-state index is -0.185. The summed E-state index contributed by atoms with van der Waals surface area (Å²) >= 11 is 6.16. The molecule has 0 aliphatic carbocycles. The molecule has 0 saturated carbocycles. The van der Waals surface area contributed by atoms with Crippen molar-refractivity contribution in [3.63, 3.8) is 0 Å². The molecule has 0 saturated heterocycles. The first-order valence-electron chi connectivity index (χ1n) is 7.79. The Bertz CT molecular complexity index is 858. The van der Waals surface area contributed by atoms with Crippen LogP contribution in [0, 0.1) is 0 Å². The van der Waals surface area contributed by atoms with Crippen molar-refractivity contribution in [1.29, 1.82) is 0 Å². The van der Waals surface area contributed by atoms with Gasteiger partial charge >= 0.3 is 0 Å². The van der Waals surface area contributed by atoms with Crippen LogP contribution >= 0.6 is 11.6 Å². The quantitative estimate of drug-likeness (QED) is 0.728. The SMILES string of the molecule is C[C@@H](NC(=O)COc1cccc2ccccc12)c1ccccc1Cl. The van der Waals surface area contributed by atoms with Crippen molar-refractivity contribution in [2.24, 2.45) is 0 Å². The van der Waals surface area contributed by atoms with Gasteiger partial charge in [-0.15, -0.1) is 0 Å². The van der Waals surface area contributed by atoms with Gasteiger partial charge in [0.15, 0.2) is 6.61 Å². The second-order valence-electron chi connectivity index (χ2n) is 5.58. The third kappa shape index (κ3) is 3.69. The van der Waals surface area contributed by atoms with E-state index in [1.54, 1.807) is 0 Å². The van der Waals surface area contributed by atoms with Crippen LogP contribution < -0.4 is 10.1 Å². The Balaban J connectivity index is 1.64. The van der Waals surface area contributed by atoms with E-state index in [0.29, 0.717) is 10.8 Å². The molecule has 3 rings (SSSR count). The molecule has 3 nitrogen and oxygen atoms in total. The molecule has 4 heteroatoms. The van der Waals surface area contributed by atoms with Gasteiger partial charge in [0.25, 0.3) is 5.91 Å². The summed E-state index contributed by atoms with van der Waals surface area (Å²) in [7, 11) is 0. The summed E-state index contributed by atoms with van der Waals surface area (Å²) in [4.78, 5) is 12.2. The number of halogens is 1. The number of benzene rings is 3. The minimum Gasteiger partial charge on any atom is -0.483 e. The maximum absolute atomic E-state index is 12.2. The summed E-state index contributed by atoms with van der Waals surface area (Å²) in [6.07, 6.45) is 0. The van der Waals surface area contributed by atoms with E-state index in [4.69, 9.17) is 16.3 Å². The molecular weight excluding hydrogens is 322 g/mol. The van der Waals surface area contributed by atoms with Gasteiger partial charge in [0.2, 0.25) is 0 Å². The summed E-state index contributed by atoms with van der Waals surface area (Å²) in [6.45, 7) is 1.86. The molecule has 0 heterocycles. The average Bonchev–Trinajstić information content (AvgIpc) is 2.60. The molecule has 1 N–H and O–H groups in total. The predicted octanol–water partition coefficient (Wildman–Crippen LogP) is 4.75. The van der Waals surface area contributed by atoms with Crippen LogP contribution in [-0.2, 0) is 4.79 Å². The number of ether oxygens (including phenoxy) is 1. The zero-order valence-electron chi connectivity index (χ0n) is 13.3. The highest BCUT2D eigenvalue weighted by Gasteiger charge is 2.13. The lowest BCUT2D eigenvalue weighted by atomic mass is 10.1.